The highest BCUT2D eigenvalue weighted by Gasteiger charge is 2.32. The van der Waals surface area contributed by atoms with Crippen molar-refractivity contribution in [1.82, 2.24) is 9.88 Å². The normalized spacial score (nSPS) is 28.1. The van der Waals surface area contributed by atoms with Gasteiger partial charge in [0.05, 0.1) is 0 Å². The number of hydrogen-bond donors (Lipinski definition) is 1. The monoisotopic (exact) mass is 192 g/mol. The van der Waals surface area contributed by atoms with E-state index >= 15 is 0 Å². The zero-order chi connectivity index (χ0) is 9.97. The van der Waals surface area contributed by atoms with E-state index in [2.05, 4.69) is 23.0 Å². The number of likely N-dealkylation sites (tertiary alicyclic amines) is 1. The second kappa shape index (κ2) is 4.07. The van der Waals surface area contributed by atoms with Gasteiger partial charge in [0.1, 0.15) is 0 Å². The van der Waals surface area contributed by atoms with Gasteiger partial charge in [-0.25, -0.2) is 0 Å². The number of pyridine rings is 1. The van der Waals surface area contributed by atoms with E-state index in [0.29, 0.717) is 12.0 Å². The molecule has 2 heterocycles. The standard InChI is InChI=1S/C11H16N2O/c1-13-6-4-10(8-14)11(13)9-3-2-5-12-7-9/h2-3,5,7,10-11,14H,4,6,8H2,1H3/t10-,11?/m0/s1. The molecule has 1 N–H and O–H groups in total. The maximum Gasteiger partial charge on any atom is 0.0478 e. The van der Waals surface area contributed by atoms with Crippen molar-refractivity contribution in [3.63, 3.8) is 0 Å². The summed E-state index contributed by atoms with van der Waals surface area (Å²) >= 11 is 0. The fourth-order valence-corrected chi connectivity index (χ4v) is 2.30. The van der Waals surface area contributed by atoms with Crippen LogP contribution >= 0.6 is 0 Å². The average molecular weight is 192 g/mol. The van der Waals surface area contributed by atoms with Gasteiger partial charge in [-0.15, -0.1) is 0 Å². The summed E-state index contributed by atoms with van der Waals surface area (Å²) in [7, 11) is 2.10. The Morgan fingerprint density at radius 1 is 1.64 bits per heavy atom. The fourth-order valence-electron chi connectivity index (χ4n) is 2.30. The van der Waals surface area contributed by atoms with Crippen molar-refractivity contribution in [2.24, 2.45) is 5.92 Å². The highest BCUT2D eigenvalue weighted by atomic mass is 16.3. The van der Waals surface area contributed by atoms with Gasteiger partial charge in [-0.05, 0) is 31.6 Å². The summed E-state index contributed by atoms with van der Waals surface area (Å²) in [4.78, 5) is 6.41. The van der Waals surface area contributed by atoms with E-state index in [1.807, 2.05) is 12.3 Å². The smallest absolute Gasteiger partial charge is 0.0478 e. The lowest BCUT2D eigenvalue weighted by molar-refractivity contribution is 0.182. The van der Waals surface area contributed by atoms with Crippen molar-refractivity contribution in [1.29, 1.82) is 0 Å². The molecule has 1 saturated heterocycles. The highest BCUT2D eigenvalue weighted by molar-refractivity contribution is 5.16. The van der Waals surface area contributed by atoms with Gasteiger partial charge < -0.3 is 5.11 Å². The highest BCUT2D eigenvalue weighted by Crippen LogP contribution is 2.34. The van der Waals surface area contributed by atoms with Crippen molar-refractivity contribution >= 4 is 0 Å². The van der Waals surface area contributed by atoms with Crippen LogP contribution in [0, 0.1) is 5.92 Å². The predicted octanol–water partition coefficient (Wildman–Crippen LogP) is 1.07. The third kappa shape index (κ3) is 1.65. The van der Waals surface area contributed by atoms with Gasteiger partial charge in [-0.2, -0.15) is 0 Å². The molecule has 0 aliphatic carbocycles. The lowest BCUT2D eigenvalue weighted by Gasteiger charge is -2.23. The molecule has 1 aromatic rings. The van der Waals surface area contributed by atoms with E-state index in [4.69, 9.17) is 0 Å². The summed E-state index contributed by atoms with van der Waals surface area (Å²) < 4.78 is 0. The molecule has 1 aromatic heterocycles. The van der Waals surface area contributed by atoms with Gasteiger partial charge >= 0.3 is 0 Å². The average Bonchev–Trinajstić information content (AvgIpc) is 2.61. The van der Waals surface area contributed by atoms with Crippen LogP contribution in [0.25, 0.3) is 0 Å². The Kier molecular flexibility index (Phi) is 2.79. The zero-order valence-corrected chi connectivity index (χ0v) is 8.43. The maximum atomic E-state index is 9.27. The van der Waals surface area contributed by atoms with Crippen LogP contribution in [-0.4, -0.2) is 35.2 Å². The van der Waals surface area contributed by atoms with Crippen molar-refractivity contribution in [3.05, 3.63) is 30.1 Å². The molecule has 1 aliphatic heterocycles. The number of rotatable bonds is 2. The van der Waals surface area contributed by atoms with Crippen LogP contribution in [-0.2, 0) is 0 Å². The van der Waals surface area contributed by atoms with Gasteiger partial charge in [-0.3, -0.25) is 9.88 Å². The zero-order valence-electron chi connectivity index (χ0n) is 8.43. The SMILES string of the molecule is CN1CC[C@@H](CO)C1c1cccnc1. The van der Waals surface area contributed by atoms with Crippen LogP contribution in [0.4, 0.5) is 0 Å². The summed E-state index contributed by atoms with van der Waals surface area (Å²) in [6.45, 7) is 1.33. The Bertz CT molecular complexity index is 289. The first-order valence-electron chi connectivity index (χ1n) is 5.04. The molecule has 0 amide bonds. The first-order chi connectivity index (χ1) is 6.83. The van der Waals surface area contributed by atoms with E-state index in [0.717, 1.165) is 13.0 Å². The molecule has 2 atom stereocenters. The Labute approximate surface area is 84.4 Å². The lowest BCUT2D eigenvalue weighted by Crippen LogP contribution is -2.22. The molecule has 0 bridgehead atoms. The first kappa shape index (κ1) is 9.62. The number of aliphatic hydroxyl groups is 1. The predicted molar refractivity (Wildman–Crippen MR) is 54.8 cm³/mol. The molecule has 0 radical (unpaired) electrons. The molecular formula is C11H16N2O. The molecular weight excluding hydrogens is 176 g/mol. The summed E-state index contributed by atoms with van der Waals surface area (Å²) in [6, 6.07) is 4.38. The van der Waals surface area contributed by atoms with E-state index < -0.39 is 0 Å². The lowest BCUT2D eigenvalue weighted by atomic mass is 9.96. The van der Waals surface area contributed by atoms with Crippen molar-refractivity contribution in [3.8, 4) is 0 Å². The van der Waals surface area contributed by atoms with Crippen molar-refractivity contribution in [2.45, 2.75) is 12.5 Å². The summed E-state index contributed by atoms with van der Waals surface area (Å²) in [5.41, 5.74) is 1.21. The third-order valence-electron chi connectivity index (χ3n) is 3.03. The van der Waals surface area contributed by atoms with E-state index in [9.17, 15) is 5.11 Å². The van der Waals surface area contributed by atoms with Gasteiger partial charge in [0, 0.05) is 31.0 Å². The first-order valence-corrected chi connectivity index (χ1v) is 5.04. The Morgan fingerprint density at radius 2 is 2.50 bits per heavy atom. The minimum Gasteiger partial charge on any atom is -0.396 e. The molecule has 14 heavy (non-hydrogen) atoms. The Balaban J connectivity index is 2.23. The number of aromatic nitrogens is 1. The minimum absolute atomic E-state index is 0.268. The van der Waals surface area contributed by atoms with Crippen molar-refractivity contribution < 1.29 is 5.11 Å². The fraction of sp³-hybridized carbons (Fsp3) is 0.545. The summed E-state index contributed by atoms with van der Waals surface area (Å²) in [6.07, 6.45) is 4.76. The van der Waals surface area contributed by atoms with Gasteiger partial charge in [0.2, 0.25) is 0 Å². The Morgan fingerprint density at radius 3 is 3.14 bits per heavy atom. The van der Waals surface area contributed by atoms with Gasteiger partial charge in [-0.1, -0.05) is 6.07 Å². The largest absolute Gasteiger partial charge is 0.396 e. The maximum absolute atomic E-state index is 9.27. The number of hydrogen-bond acceptors (Lipinski definition) is 3. The molecule has 1 unspecified atom stereocenters. The number of aliphatic hydroxyl groups excluding tert-OH is 1. The van der Waals surface area contributed by atoms with Gasteiger partial charge in [0.25, 0.3) is 0 Å². The summed E-state index contributed by atoms with van der Waals surface area (Å²) in [5, 5.41) is 9.27. The molecule has 1 fully saturated rings. The van der Waals surface area contributed by atoms with Gasteiger partial charge in [0.15, 0.2) is 0 Å². The summed E-state index contributed by atoms with van der Waals surface area (Å²) in [5.74, 6) is 0.365. The van der Waals surface area contributed by atoms with Crippen LogP contribution in [0.3, 0.4) is 0 Å². The molecule has 3 nitrogen and oxygen atoms in total. The minimum atomic E-state index is 0.268. The van der Waals surface area contributed by atoms with Crippen LogP contribution in [0.2, 0.25) is 0 Å². The molecule has 2 rings (SSSR count). The molecule has 0 spiro atoms. The van der Waals surface area contributed by atoms with E-state index in [1.54, 1.807) is 6.20 Å². The molecule has 0 saturated carbocycles. The molecule has 3 heteroatoms. The second-order valence-electron chi connectivity index (χ2n) is 3.94. The third-order valence-corrected chi connectivity index (χ3v) is 3.03. The number of nitrogens with zero attached hydrogens (tertiary/aromatic N) is 2. The Hall–Kier alpha value is -0.930. The molecule has 1 aliphatic rings. The molecule has 0 aromatic carbocycles. The quantitative estimate of drug-likeness (QED) is 0.761. The van der Waals surface area contributed by atoms with Crippen LogP contribution in [0.5, 0.6) is 0 Å². The van der Waals surface area contributed by atoms with Crippen LogP contribution < -0.4 is 0 Å². The van der Waals surface area contributed by atoms with Crippen LogP contribution in [0.1, 0.15) is 18.0 Å². The van der Waals surface area contributed by atoms with Crippen LogP contribution in [0.15, 0.2) is 24.5 Å². The molecule has 76 valence electrons. The van der Waals surface area contributed by atoms with E-state index in [1.165, 1.54) is 5.56 Å². The van der Waals surface area contributed by atoms with E-state index in [-0.39, 0.29) is 6.61 Å². The second-order valence-corrected chi connectivity index (χ2v) is 3.94. The van der Waals surface area contributed by atoms with Crippen molar-refractivity contribution in [2.75, 3.05) is 20.2 Å². The topological polar surface area (TPSA) is 36.4 Å².